The predicted octanol–water partition coefficient (Wildman–Crippen LogP) is 2.15. The topological polar surface area (TPSA) is 89.3 Å². The van der Waals surface area contributed by atoms with Gasteiger partial charge in [0.1, 0.15) is 6.29 Å². The zero-order valence-electron chi connectivity index (χ0n) is 14.3. The fraction of sp³-hybridized carbons (Fsp3) is 0.200. The SMILES string of the molecule is NC(=O)c1ccccc1C[CH]C(=O)NC(C=O)CSCc1ccccc1. The molecule has 0 bridgehead atoms. The molecular formula is C20H21N2O3S. The largest absolute Gasteiger partial charge is 0.366 e. The lowest BCUT2D eigenvalue weighted by Crippen LogP contribution is -2.38. The average Bonchev–Trinajstić information content (AvgIpc) is 2.66. The molecule has 6 heteroatoms. The Labute approximate surface area is 157 Å². The monoisotopic (exact) mass is 369 g/mol. The Balaban J connectivity index is 1.78. The number of amides is 2. The van der Waals surface area contributed by atoms with Gasteiger partial charge in [-0.15, -0.1) is 0 Å². The number of benzene rings is 2. The molecule has 0 fully saturated rings. The fourth-order valence-corrected chi connectivity index (χ4v) is 3.34. The highest BCUT2D eigenvalue weighted by atomic mass is 32.2. The molecule has 0 spiro atoms. The molecular weight excluding hydrogens is 348 g/mol. The van der Waals surface area contributed by atoms with Crippen molar-refractivity contribution >= 4 is 29.9 Å². The van der Waals surface area contributed by atoms with Crippen LogP contribution in [0.3, 0.4) is 0 Å². The number of hydrogen-bond donors (Lipinski definition) is 2. The fourth-order valence-electron chi connectivity index (χ4n) is 2.38. The average molecular weight is 369 g/mol. The van der Waals surface area contributed by atoms with Crippen LogP contribution in [0.25, 0.3) is 0 Å². The summed E-state index contributed by atoms with van der Waals surface area (Å²) in [6.07, 6.45) is 2.43. The van der Waals surface area contributed by atoms with E-state index in [2.05, 4.69) is 5.32 Å². The van der Waals surface area contributed by atoms with Crippen molar-refractivity contribution in [1.29, 1.82) is 0 Å². The minimum atomic E-state index is -0.557. The maximum atomic E-state index is 12.0. The van der Waals surface area contributed by atoms with Gasteiger partial charge in [0.2, 0.25) is 11.8 Å². The maximum Gasteiger partial charge on any atom is 0.248 e. The Morgan fingerprint density at radius 3 is 2.46 bits per heavy atom. The van der Waals surface area contributed by atoms with Gasteiger partial charge in [-0.25, -0.2) is 0 Å². The van der Waals surface area contributed by atoms with E-state index in [0.717, 1.165) is 12.0 Å². The van der Waals surface area contributed by atoms with Crippen molar-refractivity contribution in [3.05, 3.63) is 77.7 Å². The Hall–Kier alpha value is -2.60. The number of nitrogens with two attached hydrogens (primary N) is 1. The van der Waals surface area contributed by atoms with Crippen LogP contribution in [0.1, 0.15) is 21.5 Å². The van der Waals surface area contributed by atoms with Crippen LogP contribution in [-0.4, -0.2) is 29.9 Å². The van der Waals surface area contributed by atoms with Crippen molar-refractivity contribution in [1.82, 2.24) is 5.32 Å². The van der Waals surface area contributed by atoms with Crippen molar-refractivity contribution in [3.8, 4) is 0 Å². The molecule has 0 saturated carbocycles. The molecule has 1 unspecified atom stereocenters. The molecule has 2 amide bonds. The molecule has 0 saturated heterocycles. The van der Waals surface area contributed by atoms with Crippen LogP contribution >= 0.6 is 11.8 Å². The molecule has 135 valence electrons. The number of rotatable bonds is 10. The second-order valence-electron chi connectivity index (χ2n) is 5.68. The molecule has 5 nitrogen and oxygen atoms in total. The lowest BCUT2D eigenvalue weighted by molar-refractivity contribution is -0.121. The van der Waals surface area contributed by atoms with E-state index in [-0.39, 0.29) is 12.3 Å². The third-order valence-electron chi connectivity index (χ3n) is 3.69. The molecule has 3 N–H and O–H groups in total. The number of carbonyl (C=O) groups is 3. The number of carbonyl (C=O) groups excluding carboxylic acids is 3. The van der Waals surface area contributed by atoms with Crippen molar-refractivity contribution in [3.63, 3.8) is 0 Å². The Bertz CT molecular complexity index is 750. The van der Waals surface area contributed by atoms with Crippen LogP contribution in [0, 0.1) is 6.42 Å². The Kier molecular flexibility index (Phi) is 7.89. The van der Waals surface area contributed by atoms with E-state index in [9.17, 15) is 14.4 Å². The minimum absolute atomic E-state index is 0.272. The molecule has 2 rings (SSSR count). The highest BCUT2D eigenvalue weighted by Gasteiger charge is 2.13. The van der Waals surface area contributed by atoms with E-state index in [4.69, 9.17) is 5.73 Å². The summed E-state index contributed by atoms with van der Waals surface area (Å²) in [6.45, 7) is 0. The van der Waals surface area contributed by atoms with Gasteiger partial charge in [-0.1, -0.05) is 48.5 Å². The standard InChI is InChI=1S/C20H21N2O3S/c21-20(25)18-9-5-4-8-16(18)10-11-19(24)22-17(12-23)14-26-13-15-6-2-1-3-7-15/h1-9,11-12,17H,10,13-14H2,(H2,21,25)(H,22,24). The van der Waals surface area contributed by atoms with Gasteiger partial charge >= 0.3 is 0 Å². The molecule has 0 aromatic heterocycles. The van der Waals surface area contributed by atoms with Gasteiger partial charge in [0.15, 0.2) is 0 Å². The van der Waals surface area contributed by atoms with Crippen LogP contribution in [-0.2, 0) is 21.8 Å². The minimum Gasteiger partial charge on any atom is -0.366 e. The number of hydrogen-bond acceptors (Lipinski definition) is 4. The first-order chi connectivity index (χ1) is 12.6. The van der Waals surface area contributed by atoms with Crippen molar-refractivity contribution in [2.24, 2.45) is 5.73 Å². The van der Waals surface area contributed by atoms with E-state index in [0.29, 0.717) is 16.9 Å². The quantitative estimate of drug-likeness (QED) is 0.628. The van der Waals surface area contributed by atoms with Gasteiger partial charge in [0.25, 0.3) is 0 Å². The number of aldehydes is 1. The lowest BCUT2D eigenvalue weighted by atomic mass is 10.0. The van der Waals surface area contributed by atoms with E-state index in [1.165, 1.54) is 12.0 Å². The van der Waals surface area contributed by atoms with Gasteiger partial charge in [-0.05, 0) is 23.6 Å². The normalized spacial score (nSPS) is 11.5. The second kappa shape index (κ2) is 10.4. The number of nitrogens with one attached hydrogen (secondary N) is 1. The van der Waals surface area contributed by atoms with Crippen LogP contribution in [0.4, 0.5) is 0 Å². The molecule has 26 heavy (non-hydrogen) atoms. The molecule has 1 radical (unpaired) electrons. The summed E-state index contributed by atoms with van der Waals surface area (Å²) in [6, 6.07) is 16.2. The Morgan fingerprint density at radius 1 is 1.08 bits per heavy atom. The highest BCUT2D eigenvalue weighted by molar-refractivity contribution is 7.98. The van der Waals surface area contributed by atoms with Gasteiger partial charge in [-0.2, -0.15) is 11.8 Å². The molecule has 2 aromatic rings. The van der Waals surface area contributed by atoms with Crippen molar-refractivity contribution in [2.75, 3.05) is 5.75 Å². The number of primary amides is 1. The first-order valence-corrected chi connectivity index (χ1v) is 9.34. The van der Waals surface area contributed by atoms with Crippen LogP contribution in [0.15, 0.2) is 54.6 Å². The molecule has 1 atom stereocenters. The summed E-state index contributed by atoms with van der Waals surface area (Å²) in [5.74, 6) is 0.395. The first kappa shape index (κ1) is 19.7. The number of thioether (sulfide) groups is 1. The summed E-state index contributed by atoms with van der Waals surface area (Å²) in [7, 11) is 0. The van der Waals surface area contributed by atoms with Gasteiger partial charge < -0.3 is 15.8 Å². The summed E-state index contributed by atoms with van der Waals surface area (Å²) in [5.41, 5.74) is 7.56. The smallest absolute Gasteiger partial charge is 0.248 e. The molecule has 0 aliphatic rings. The van der Waals surface area contributed by atoms with E-state index < -0.39 is 11.9 Å². The Morgan fingerprint density at radius 2 is 1.77 bits per heavy atom. The molecule has 0 aliphatic carbocycles. The summed E-state index contributed by atoms with van der Waals surface area (Å²) in [4.78, 5) is 34.6. The maximum absolute atomic E-state index is 12.0. The zero-order chi connectivity index (χ0) is 18.8. The lowest BCUT2D eigenvalue weighted by Gasteiger charge is -2.13. The third kappa shape index (κ3) is 6.37. The van der Waals surface area contributed by atoms with Gasteiger partial charge in [0, 0.05) is 17.1 Å². The van der Waals surface area contributed by atoms with E-state index in [1.54, 1.807) is 36.0 Å². The summed E-state index contributed by atoms with van der Waals surface area (Å²) >= 11 is 1.58. The summed E-state index contributed by atoms with van der Waals surface area (Å²) < 4.78 is 0. The van der Waals surface area contributed by atoms with E-state index >= 15 is 0 Å². The molecule has 0 aliphatic heterocycles. The second-order valence-corrected chi connectivity index (χ2v) is 6.71. The van der Waals surface area contributed by atoms with Crippen molar-refractivity contribution in [2.45, 2.75) is 18.2 Å². The first-order valence-electron chi connectivity index (χ1n) is 8.18. The predicted molar refractivity (Wildman–Crippen MR) is 104 cm³/mol. The van der Waals surface area contributed by atoms with Crippen molar-refractivity contribution < 1.29 is 14.4 Å². The van der Waals surface area contributed by atoms with Crippen LogP contribution in [0.2, 0.25) is 0 Å². The van der Waals surface area contributed by atoms with Crippen LogP contribution in [0.5, 0.6) is 0 Å². The highest BCUT2D eigenvalue weighted by Crippen LogP contribution is 2.13. The van der Waals surface area contributed by atoms with Crippen LogP contribution < -0.4 is 11.1 Å². The van der Waals surface area contributed by atoms with E-state index in [1.807, 2.05) is 30.3 Å². The van der Waals surface area contributed by atoms with Gasteiger partial charge in [0.05, 0.1) is 12.5 Å². The third-order valence-corrected chi connectivity index (χ3v) is 4.82. The zero-order valence-corrected chi connectivity index (χ0v) is 15.1. The molecule has 0 heterocycles. The summed E-state index contributed by atoms with van der Waals surface area (Å²) in [5, 5.41) is 2.67. The van der Waals surface area contributed by atoms with Gasteiger partial charge in [-0.3, -0.25) is 9.59 Å². The molecule has 2 aromatic carbocycles.